The lowest BCUT2D eigenvalue weighted by atomic mass is 10.2. The number of rotatable bonds is 3. The Balaban J connectivity index is 1.73. The molecule has 0 spiro atoms. The van der Waals surface area contributed by atoms with Gasteiger partial charge in [-0.1, -0.05) is 0 Å². The first kappa shape index (κ1) is 14.4. The van der Waals surface area contributed by atoms with Crippen LogP contribution in [0.5, 0.6) is 0 Å². The van der Waals surface area contributed by atoms with E-state index in [-0.39, 0.29) is 5.82 Å². The number of anilines is 2. The van der Waals surface area contributed by atoms with Crippen LogP contribution in [0.1, 0.15) is 0 Å². The third-order valence-corrected chi connectivity index (χ3v) is 4.00. The summed E-state index contributed by atoms with van der Waals surface area (Å²) in [5.74, 6) is 0.459. The highest BCUT2D eigenvalue weighted by atomic mass is 19.1. The molecule has 3 heterocycles. The minimum absolute atomic E-state index is 0.257. The summed E-state index contributed by atoms with van der Waals surface area (Å²) in [7, 11) is 2.02. The zero-order valence-electron chi connectivity index (χ0n) is 13.1. The van der Waals surface area contributed by atoms with Crippen LogP contribution >= 0.6 is 0 Å². The number of benzene rings is 1. The van der Waals surface area contributed by atoms with Gasteiger partial charge < -0.3 is 9.88 Å². The molecule has 4 rings (SSSR count). The van der Waals surface area contributed by atoms with Gasteiger partial charge in [0, 0.05) is 48.3 Å². The van der Waals surface area contributed by atoms with Crippen molar-refractivity contribution in [3.8, 4) is 11.3 Å². The summed E-state index contributed by atoms with van der Waals surface area (Å²) in [5, 5.41) is 4.25. The van der Waals surface area contributed by atoms with E-state index in [0.717, 1.165) is 27.8 Å². The van der Waals surface area contributed by atoms with Crippen molar-refractivity contribution in [1.29, 1.82) is 0 Å². The molecule has 118 valence electrons. The molecule has 0 atom stereocenters. The molecule has 4 nitrogen and oxygen atoms in total. The van der Waals surface area contributed by atoms with Crippen LogP contribution in [0.2, 0.25) is 0 Å². The van der Waals surface area contributed by atoms with Crippen molar-refractivity contribution in [1.82, 2.24) is 14.5 Å². The molecule has 0 saturated heterocycles. The Morgan fingerprint density at radius 3 is 2.62 bits per heavy atom. The number of aromatic nitrogens is 3. The predicted molar refractivity (Wildman–Crippen MR) is 93.6 cm³/mol. The van der Waals surface area contributed by atoms with E-state index in [9.17, 15) is 4.39 Å². The molecule has 0 fully saturated rings. The van der Waals surface area contributed by atoms with E-state index in [2.05, 4.69) is 25.9 Å². The maximum absolute atomic E-state index is 13.0. The number of aryl methyl sites for hydroxylation is 1. The van der Waals surface area contributed by atoms with E-state index in [1.165, 1.54) is 12.1 Å². The van der Waals surface area contributed by atoms with Crippen LogP contribution in [0.25, 0.3) is 22.2 Å². The minimum Gasteiger partial charge on any atom is -0.343 e. The summed E-state index contributed by atoms with van der Waals surface area (Å²) >= 11 is 0. The predicted octanol–water partition coefficient (Wildman–Crippen LogP) is 4.52. The number of nitrogens with one attached hydrogen (secondary N) is 1. The molecular weight excluding hydrogens is 303 g/mol. The van der Waals surface area contributed by atoms with Crippen LogP contribution in [0, 0.1) is 5.82 Å². The zero-order chi connectivity index (χ0) is 16.5. The largest absolute Gasteiger partial charge is 0.343 e. The monoisotopic (exact) mass is 318 g/mol. The van der Waals surface area contributed by atoms with E-state index in [1.54, 1.807) is 18.3 Å². The van der Waals surface area contributed by atoms with Gasteiger partial charge in [-0.05, 0) is 42.5 Å². The number of halogens is 1. The Bertz CT molecular complexity index is 991. The summed E-state index contributed by atoms with van der Waals surface area (Å²) in [6.45, 7) is 0. The first-order valence-electron chi connectivity index (χ1n) is 7.59. The molecule has 0 unspecified atom stereocenters. The van der Waals surface area contributed by atoms with Crippen molar-refractivity contribution >= 4 is 22.4 Å². The second kappa shape index (κ2) is 5.77. The fourth-order valence-electron chi connectivity index (χ4n) is 2.77. The van der Waals surface area contributed by atoms with Crippen LogP contribution in [-0.4, -0.2) is 14.5 Å². The quantitative estimate of drug-likeness (QED) is 0.604. The number of hydrogen-bond donors (Lipinski definition) is 1. The van der Waals surface area contributed by atoms with Crippen molar-refractivity contribution in [3.05, 3.63) is 72.9 Å². The Morgan fingerprint density at radius 2 is 1.88 bits per heavy atom. The Hall–Kier alpha value is -3.21. The van der Waals surface area contributed by atoms with Crippen LogP contribution in [0.15, 0.2) is 67.1 Å². The standard InChI is InChI=1S/C19H15FN4/c1-24-17(13-3-2-8-21-11-13)9-14-12-22-19(10-18(14)24)23-16-6-4-15(20)5-7-16/h2-12H,1H3,(H,22,23). The van der Waals surface area contributed by atoms with Gasteiger partial charge in [-0.15, -0.1) is 0 Å². The van der Waals surface area contributed by atoms with Crippen LogP contribution in [0.3, 0.4) is 0 Å². The molecule has 0 amide bonds. The first-order valence-corrected chi connectivity index (χ1v) is 7.59. The summed E-state index contributed by atoms with van der Waals surface area (Å²) in [4.78, 5) is 8.62. The van der Waals surface area contributed by atoms with E-state index < -0.39 is 0 Å². The maximum atomic E-state index is 13.0. The Labute approximate surface area is 138 Å². The molecule has 0 bridgehead atoms. The van der Waals surface area contributed by atoms with E-state index in [1.807, 2.05) is 37.6 Å². The molecule has 4 aromatic rings. The SMILES string of the molecule is Cn1c(-c2cccnc2)cc2cnc(Nc3ccc(F)cc3)cc21. The number of hydrogen-bond acceptors (Lipinski definition) is 3. The number of nitrogens with zero attached hydrogens (tertiary/aromatic N) is 3. The molecule has 1 aromatic carbocycles. The van der Waals surface area contributed by atoms with Crippen LogP contribution in [0.4, 0.5) is 15.9 Å². The number of fused-ring (bicyclic) bond motifs is 1. The molecule has 0 saturated carbocycles. The van der Waals surface area contributed by atoms with Crippen molar-refractivity contribution in [3.63, 3.8) is 0 Å². The summed E-state index contributed by atoms with van der Waals surface area (Å²) in [6, 6.07) is 14.3. The van der Waals surface area contributed by atoms with E-state index in [0.29, 0.717) is 5.82 Å². The molecule has 0 radical (unpaired) electrons. The van der Waals surface area contributed by atoms with Crippen LogP contribution < -0.4 is 5.32 Å². The molecule has 24 heavy (non-hydrogen) atoms. The normalized spacial score (nSPS) is 10.9. The van der Waals surface area contributed by atoms with Crippen molar-refractivity contribution in [2.24, 2.45) is 7.05 Å². The highest BCUT2D eigenvalue weighted by Gasteiger charge is 2.09. The highest BCUT2D eigenvalue weighted by molar-refractivity contribution is 5.88. The fourth-order valence-corrected chi connectivity index (χ4v) is 2.77. The topological polar surface area (TPSA) is 42.7 Å². The van der Waals surface area contributed by atoms with Gasteiger partial charge in [-0.2, -0.15) is 0 Å². The highest BCUT2D eigenvalue weighted by Crippen LogP contribution is 2.28. The minimum atomic E-state index is -0.257. The maximum Gasteiger partial charge on any atom is 0.132 e. The third kappa shape index (κ3) is 2.60. The van der Waals surface area contributed by atoms with Gasteiger partial charge in [0.15, 0.2) is 0 Å². The lowest BCUT2D eigenvalue weighted by Crippen LogP contribution is -1.95. The summed E-state index contributed by atoms with van der Waals surface area (Å²) in [5.41, 5.74) is 4.00. The van der Waals surface area contributed by atoms with Gasteiger partial charge in [0.2, 0.25) is 0 Å². The fraction of sp³-hybridized carbons (Fsp3) is 0.0526. The molecule has 0 aliphatic rings. The molecule has 5 heteroatoms. The van der Waals surface area contributed by atoms with Crippen molar-refractivity contribution in [2.45, 2.75) is 0 Å². The average molecular weight is 318 g/mol. The third-order valence-electron chi connectivity index (χ3n) is 4.00. The lowest BCUT2D eigenvalue weighted by Gasteiger charge is -2.07. The molecule has 0 aliphatic carbocycles. The molecular formula is C19H15FN4. The Kier molecular flexibility index (Phi) is 3.46. The van der Waals surface area contributed by atoms with Crippen molar-refractivity contribution < 1.29 is 4.39 Å². The van der Waals surface area contributed by atoms with Gasteiger partial charge in [0.05, 0.1) is 11.2 Å². The summed E-state index contributed by atoms with van der Waals surface area (Å²) < 4.78 is 15.1. The molecule has 3 aromatic heterocycles. The molecule has 0 aliphatic heterocycles. The number of pyridine rings is 2. The smallest absolute Gasteiger partial charge is 0.132 e. The van der Waals surface area contributed by atoms with Crippen molar-refractivity contribution in [2.75, 3.05) is 5.32 Å². The van der Waals surface area contributed by atoms with Gasteiger partial charge in [-0.3, -0.25) is 4.98 Å². The Morgan fingerprint density at radius 1 is 1.04 bits per heavy atom. The van der Waals surface area contributed by atoms with Crippen LogP contribution in [-0.2, 0) is 7.05 Å². The zero-order valence-corrected chi connectivity index (χ0v) is 13.1. The van der Waals surface area contributed by atoms with Gasteiger partial charge >= 0.3 is 0 Å². The summed E-state index contributed by atoms with van der Waals surface area (Å²) in [6.07, 6.45) is 5.44. The van der Waals surface area contributed by atoms with Gasteiger partial charge in [0.25, 0.3) is 0 Å². The van der Waals surface area contributed by atoms with Gasteiger partial charge in [-0.25, -0.2) is 9.37 Å². The average Bonchev–Trinajstić information content (AvgIpc) is 2.94. The van der Waals surface area contributed by atoms with E-state index >= 15 is 0 Å². The van der Waals surface area contributed by atoms with Gasteiger partial charge in [0.1, 0.15) is 11.6 Å². The second-order valence-corrected chi connectivity index (χ2v) is 5.59. The second-order valence-electron chi connectivity index (χ2n) is 5.59. The lowest BCUT2D eigenvalue weighted by molar-refractivity contribution is 0.628. The molecule has 1 N–H and O–H groups in total. The van der Waals surface area contributed by atoms with E-state index in [4.69, 9.17) is 0 Å². The first-order chi connectivity index (χ1) is 11.7.